The fourth-order valence-electron chi connectivity index (χ4n) is 8.98. The van der Waals surface area contributed by atoms with Crippen LogP contribution in [0.4, 0.5) is 0 Å². The van der Waals surface area contributed by atoms with Crippen molar-refractivity contribution in [3.8, 4) is 16.8 Å². The minimum absolute atomic E-state index is 0.0719. The van der Waals surface area contributed by atoms with Crippen LogP contribution in [0, 0.1) is 0 Å². The zero-order chi connectivity index (χ0) is 37.5. The summed E-state index contributed by atoms with van der Waals surface area (Å²) >= 11 is 3.76. The van der Waals surface area contributed by atoms with E-state index in [1.807, 2.05) is 28.7 Å². The number of hydrogen-bond acceptors (Lipinski definition) is 5. The third-order valence-corrected chi connectivity index (χ3v) is 14.0. The summed E-state index contributed by atoms with van der Waals surface area (Å²) in [5.41, 5.74) is 11.2. The van der Waals surface area contributed by atoms with Crippen LogP contribution in [0.15, 0.2) is 169 Å². The predicted octanol–water partition coefficient (Wildman–Crippen LogP) is 13.3. The Morgan fingerprint density at radius 1 is 0.544 bits per heavy atom. The lowest BCUT2D eigenvalue weighted by Crippen LogP contribution is -2.44. The fraction of sp³-hybridized carbons (Fsp3) is 0.0784. The second-order valence-electron chi connectivity index (χ2n) is 15.1. The zero-order valence-electron chi connectivity index (χ0n) is 30.9. The second-order valence-corrected chi connectivity index (χ2v) is 17.3. The lowest BCUT2D eigenvalue weighted by Gasteiger charge is -2.32. The van der Waals surface area contributed by atoms with Crippen LogP contribution in [0.3, 0.4) is 0 Å². The van der Waals surface area contributed by atoms with E-state index in [4.69, 9.17) is 4.99 Å². The lowest BCUT2D eigenvalue weighted by molar-refractivity contribution is 0.409. The molecule has 0 bridgehead atoms. The monoisotopic (exact) mass is 768 g/mol. The standard InChI is InChI=1S/C51H36N4S2/c1-3-11-31(12-4-1)49-52-50(32-13-5-2-6-14-32)54-51(53-49)35-21-26-46-42(28-35)41-27-33(20-25-45(41)56-46)34-19-23-39-40-24-22-36(30-48(40)57-47(39)29-34)55-43-17-9-7-15-37(43)38-16-8-10-18-44(38)55/h1-9,11-17,19-30,49,51,53H,10,18H2,(H,52,54). The van der Waals surface area contributed by atoms with Gasteiger partial charge in [0, 0.05) is 68.2 Å². The molecule has 6 heteroatoms. The molecule has 1 aliphatic carbocycles. The van der Waals surface area contributed by atoms with Crippen molar-refractivity contribution in [3.05, 3.63) is 192 Å². The molecule has 10 aromatic rings. The molecule has 2 atom stereocenters. The minimum atomic E-state index is -0.205. The van der Waals surface area contributed by atoms with Crippen molar-refractivity contribution in [1.29, 1.82) is 0 Å². The van der Waals surface area contributed by atoms with Crippen LogP contribution < -0.4 is 10.6 Å². The quantitative estimate of drug-likeness (QED) is 0.183. The molecule has 4 nitrogen and oxygen atoms in total. The molecule has 0 radical (unpaired) electrons. The maximum atomic E-state index is 5.23. The van der Waals surface area contributed by atoms with Gasteiger partial charge < -0.3 is 9.88 Å². The highest BCUT2D eigenvalue weighted by molar-refractivity contribution is 7.26. The Labute approximate surface area is 338 Å². The normalized spacial score (nSPS) is 16.7. The molecule has 0 fully saturated rings. The van der Waals surface area contributed by atoms with Crippen LogP contribution in [-0.4, -0.2) is 10.4 Å². The molecule has 1 aliphatic heterocycles. The number of aliphatic imine (C=N–C) groups is 1. The van der Waals surface area contributed by atoms with Crippen molar-refractivity contribution in [2.24, 2.45) is 4.99 Å². The number of nitrogens with zero attached hydrogens (tertiary/aromatic N) is 2. The number of aromatic nitrogens is 1. The third-order valence-electron chi connectivity index (χ3n) is 11.7. The van der Waals surface area contributed by atoms with Gasteiger partial charge in [0.05, 0.1) is 5.52 Å². The van der Waals surface area contributed by atoms with E-state index in [0.29, 0.717) is 0 Å². The summed E-state index contributed by atoms with van der Waals surface area (Å²) in [6.45, 7) is 0. The molecule has 2 aliphatic rings. The Morgan fingerprint density at radius 3 is 2.12 bits per heavy atom. The van der Waals surface area contributed by atoms with Gasteiger partial charge in [-0.2, -0.15) is 0 Å². The molecule has 3 aromatic heterocycles. The van der Waals surface area contributed by atoms with E-state index >= 15 is 0 Å². The van der Waals surface area contributed by atoms with Gasteiger partial charge in [-0.25, -0.2) is 4.99 Å². The molecule has 7 aromatic carbocycles. The summed E-state index contributed by atoms with van der Waals surface area (Å²) in [5.74, 6) is 0.896. The first-order valence-electron chi connectivity index (χ1n) is 19.6. The zero-order valence-corrected chi connectivity index (χ0v) is 32.6. The van der Waals surface area contributed by atoms with Crippen molar-refractivity contribution < 1.29 is 0 Å². The molecular weight excluding hydrogens is 733 g/mol. The summed E-state index contributed by atoms with van der Waals surface area (Å²) in [6.07, 6.45) is 6.49. The van der Waals surface area contributed by atoms with Crippen molar-refractivity contribution >= 4 is 85.8 Å². The maximum Gasteiger partial charge on any atom is 0.131 e. The van der Waals surface area contributed by atoms with Gasteiger partial charge in [0.15, 0.2) is 0 Å². The van der Waals surface area contributed by atoms with Crippen LogP contribution >= 0.6 is 22.7 Å². The van der Waals surface area contributed by atoms with Gasteiger partial charge in [0.25, 0.3) is 0 Å². The maximum absolute atomic E-state index is 5.23. The first-order valence-corrected chi connectivity index (χ1v) is 21.3. The number of nitrogens with one attached hydrogen (secondary N) is 2. The fourth-order valence-corrected chi connectivity index (χ4v) is 11.2. The van der Waals surface area contributed by atoms with Gasteiger partial charge in [-0.3, -0.25) is 5.32 Å². The molecular formula is C51H36N4S2. The van der Waals surface area contributed by atoms with Gasteiger partial charge in [0.2, 0.25) is 0 Å². The summed E-state index contributed by atoms with van der Waals surface area (Å²) in [7, 11) is 0. The molecule has 57 heavy (non-hydrogen) atoms. The van der Waals surface area contributed by atoms with Crippen LogP contribution in [-0.2, 0) is 6.42 Å². The van der Waals surface area contributed by atoms with Gasteiger partial charge in [-0.15, -0.1) is 22.7 Å². The Bertz CT molecular complexity index is 3260. The highest BCUT2D eigenvalue weighted by atomic mass is 32.1. The third kappa shape index (κ3) is 5.47. The first kappa shape index (κ1) is 32.9. The van der Waals surface area contributed by atoms with Gasteiger partial charge in [0.1, 0.15) is 18.2 Å². The second kappa shape index (κ2) is 13.1. The van der Waals surface area contributed by atoms with Crippen LogP contribution in [0.2, 0.25) is 0 Å². The van der Waals surface area contributed by atoms with Crippen molar-refractivity contribution in [2.75, 3.05) is 0 Å². The predicted molar refractivity (Wildman–Crippen MR) is 243 cm³/mol. The largest absolute Gasteiger partial charge is 0.350 e. The van der Waals surface area contributed by atoms with E-state index in [0.717, 1.165) is 29.8 Å². The summed E-state index contributed by atoms with van der Waals surface area (Å²) < 4.78 is 7.72. The van der Waals surface area contributed by atoms with E-state index in [1.165, 1.54) is 84.9 Å². The summed E-state index contributed by atoms with van der Waals surface area (Å²) in [6, 6.07) is 57.7. The number of para-hydroxylation sites is 1. The van der Waals surface area contributed by atoms with Crippen molar-refractivity contribution in [3.63, 3.8) is 0 Å². The molecule has 4 heterocycles. The molecule has 272 valence electrons. The lowest BCUT2D eigenvalue weighted by atomic mass is 10.0. The average Bonchev–Trinajstić information content (AvgIpc) is 3.95. The number of thiophene rings is 2. The Balaban J connectivity index is 0.917. The smallest absolute Gasteiger partial charge is 0.131 e. The number of rotatable bonds is 5. The van der Waals surface area contributed by atoms with Gasteiger partial charge in [-0.1, -0.05) is 121 Å². The highest BCUT2D eigenvalue weighted by Crippen LogP contribution is 2.42. The van der Waals surface area contributed by atoms with Crippen LogP contribution in [0.25, 0.3) is 74.1 Å². The number of amidine groups is 1. The van der Waals surface area contributed by atoms with Gasteiger partial charge in [-0.05, 0) is 83.6 Å². The Hall–Kier alpha value is -6.31. The van der Waals surface area contributed by atoms with E-state index in [1.54, 1.807) is 0 Å². The summed E-state index contributed by atoms with van der Waals surface area (Å²) in [5, 5.41) is 14.0. The molecule has 0 amide bonds. The molecule has 2 unspecified atom stereocenters. The Morgan fingerprint density at radius 2 is 1.25 bits per heavy atom. The molecule has 2 N–H and O–H groups in total. The molecule has 0 saturated carbocycles. The highest BCUT2D eigenvalue weighted by Gasteiger charge is 2.26. The number of fused-ring (bicyclic) bond motifs is 9. The van der Waals surface area contributed by atoms with Crippen LogP contribution in [0.5, 0.6) is 0 Å². The van der Waals surface area contributed by atoms with Crippen molar-refractivity contribution in [2.45, 2.75) is 25.2 Å². The van der Waals surface area contributed by atoms with E-state index in [9.17, 15) is 0 Å². The van der Waals surface area contributed by atoms with E-state index < -0.39 is 0 Å². The first-order chi connectivity index (χ1) is 28.2. The topological polar surface area (TPSA) is 41.4 Å². The van der Waals surface area contributed by atoms with E-state index in [-0.39, 0.29) is 12.3 Å². The minimum Gasteiger partial charge on any atom is -0.350 e. The average molecular weight is 769 g/mol. The van der Waals surface area contributed by atoms with Crippen molar-refractivity contribution in [1.82, 2.24) is 15.2 Å². The van der Waals surface area contributed by atoms with Gasteiger partial charge >= 0.3 is 0 Å². The van der Waals surface area contributed by atoms with Crippen LogP contribution in [0.1, 0.15) is 46.7 Å². The molecule has 0 saturated heterocycles. The number of benzene rings is 7. The Kier molecular flexibility index (Phi) is 7.58. The molecule has 12 rings (SSSR count). The SMILES string of the molecule is C1=Cc2c(n(-c3ccc4c(c3)sc3cc(-c5ccc6sc7ccc(C8N=C(c9ccccc9)NC(c9ccccc9)N8)cc7c6c5)ccc34)c3ccccc23)CC1. The number of hydrogen-bond donors (Lipinski definition) is 2. The van der Waals surface area contributed by atoms with E-state index in [2.05, 4.69) is 179 Å². The summed E-state index contributed by atoms with van der Waals surface area (Å²) in [4.78, 5) is 5.23. The molecule has 0 spiro atoms. The number of allylic oxidation sites excluding steroid dienone is 1.